The molecule has 1 fully saturated rings. The van der Waals surface area contributed by atoms with Gasteiger partial charge in [-0.15, -0.1) is 0 Å². The summed E-state index contributed by atoms with van der Waals surface area (Å²) in [6.07, 6.45) is 0.271. The summed E-state index contributed by atoms with van der Waals surface area (Å²) >= 11 is 0. The van der Waals surface area contributed by atoms with Crippen molar-refractivity contribution < 1.29 is 22.7 Å². The summed E-state index contributed by atoms with van der Waals surface area (Å²) in [5, 5.41) is 3.66. The number of pyridine rings is 1. The van der Waals surface area contributed by atoms with Crippen molar-refractivity contribution in [3.63, 3.8) is 0 Å². The van der Waals surface area contributed by atoms with Crippen LogP contribution in [0.25, 0.3) is 0 Å². The van der Waals surface area contributed by atoms with Crippen LogP contribution in [-0.2, 0) is 7.05 Å². The molecule has 0 radical (unpaired) electrons. The largest absolute Gasteiger partial charge is 0.477 e. The number of carbonyl (C=O) groups excluding carboxylic acids is 1. The molecule has 3 rings (SSSR count). The molecule has 1 saturated heterocycles. The maximum Gasteiger partial charge on any atom is 0.282 e. The van der Waals surface area contributed by atoms with Crippen LogP contribution < -0.4 is 4.74 Å². The van der Waals surface area contributed by atoms with Gasteiger partial charge in [-0.3, -0.25) is 9.48 Å². The van der Waals surface area contributed by atoms with E-state index in [2.05, 4.69) is 10.1 Å². The van der Waals surface area contributed by atoms with Gasteiger partial charge in [-0.1, -0.05) is 0 Å². The van der Waals surface area contributed by atoms with E-state index in [4.69, 9.17) is 4.74 Å². The van der Waals surface area contributed by atoms with Gasteiger partial charge in [-0.2, -0.15) is 5.10 Å². The number of halogens is 3. The van der Waals surface area contributed by atoms with E-state index >= 15 is 0 Å². The van der Waals surface area contributed by atoms with E-state index in [-0.39, 0.29) is 11.5 Å². The molecule has 1 atom stereocenters. The third-order valence-electron chi connectivity index (χ3n) is 4.03. The van der Waals surface area contributed by atoms with Crippen LogP contribution >= 0.6 is 0 Å². The van der Waals surface area contributed by atoms with Crippen LogP contribution in [0.2, 0.25) is 0 Å². The van der Waals surface area contributed by atoms with E-state index in [0.717, 1.165) is 6.20 Å². The number of carbonyl (C=O) groups is 1. The Morgan fingerprint density at radius 1 is 1.44 bits per heavy atom. The molecular formula is C16H17F3N4O2. The molecule has 25 heavy (non-hydrogen) atoms. The SMILES string of the molecule is Cn1cc(C(=O)N2CCC(COc3ccc(F)cn3)C2)c(C(F)F)n1. The van der Waals surface area contributed by atoms with Crippen molar-refractivity contribution in [2.45, 2.75) is 12.8 Å². The predicted octanol–water partition coefficient (Wildman–Crippen LogP) is 2.43. The minimum Gasteiger partial charge on any atom is -0.477 e. The molecule has 3 heterocycles. The molecule has 1 aliphatic heterocycles. The van der Waals surface area contributed by atoms with Crippen molar-refractivity contribution in [1.82, 2.24) is 19.7 Å². The van der Waals surface area contributed by atoms with Crippen molar-refractivity contribution in [2.24, 2.45) is 13.0 Å². The van der Waals surface area contributed by atoms with Crippen molar-refractivity contribution in [2.75, 3.05) is 19.7 Å². The van der Waals surface area contributed by atoms with E-state index in [1.165, 1.54) is 35.0 Å². The number of ether oxygens (including phenoxy) is 1. The third kappa shape index (κ3) is 3.92. The first-order chi connectivity index (χ1) is 11.9. The lowest BCUT2D eigenvalue weighted by atomic mass is 10.1. The lowest BCUT2D eigenvalue weighted by Gasteiger charge is -2.16. The average molecular weight is 354 g/mol. The van der Waals surface area contributed by atoms with Gasteiger partial charge in [-0.25, -0.2) is 18.2 Å². The summed E-state index contributed by atoms with van der Waals surface area (Å²) in [4.78, 5) is 17.8. The van der Waals surface area contributed by atoms with Gasteiger partial charge in [-0.05, 0) is 12.5 Å². The van der Waals surface area contributed by atoms with Crippen molar-refractivity contribution in [3.8, 4) is 5.88 Å². The molecule has 6 nitrogen and oxygen atoms in total. The first kappa shape index (κ1) is 17.2. The molecule has 0 N–H and O–H groups in total. The lowest BCUT2D eigenvalue weighted by molar-refractivity contribution is 0.0770. The highest BCUT2D eigenvalue weighted by atomic mass is 19.3. The van der Waals surface area contributed by atoms with Crippen molar-refractivity contribution in [1.29, 1.82) is 0 Å². The molecule has 1 unspecified atom stereocenters. The number of hydrogen-bond acceptors (Lipinski definition) is 4. The van der Waals surface area contributed by atoms with Gasteiger partial charge in [0, 0.05) is 38.3 Å². The van der Waals surface area contributed by atoms with E-state index in [0.29, 0.717) is 32.0 Å². The van der Waals surface area contributed by atoms with E-state index in [1.54, 1.807) is 0 Å². The highest BCUT2D eigenvalue weighted by Crippen LogP contribution is 2.25. The van der Waals surface area contributed by atoms with Gasteiger partial charge in [0.1, 0.15) is 11.5 Å². The Hall–Kier alpha value is -2.58. The summed E-state index contributed by atoms with van der Waals surface area (Å²) in [7, 11) is 1.50. The monoisotopic (exact) mass is 354 g/mol. The molecule has 0 aliphatic carbocycles. The second-order valence-corrected chi connectivity index (χ2v) is 5.93. The molecule has 0 aromatic carbocycles. The van der Waals surface area contributed by atoms with Crippen LogP contribution in [0.5, 0.6) is 5.88 Å². The number of aromatic nitrogens is 3. The van der Waals surface area contributed by atoms with E-state index < -0.39 is 23.8 Å². The van der Waals surface area contributed by atoms with Crippen LogP contribution in [0, 0.1) is 11.7 Å². The van der Waals surface area contributed by atoms with E-state index in [9.17, 15) is 18.0 Å². The maximum atomic E-state index is 13.0. The summed E-state index contributed by atoms with van der Waals surface area (Å²) in [5.41, 5.74) is -0.568. The minimum atomic E-state index is -2.80. The Morgan fingerprint density at radius 2 is 2.24 bits per heavy atom. The smallest absolute Gasteiger partial charge is 0.282 e. The fraction of sp³-hybridized carbons (Fsp3) is 0.438. The standard InChI is InChI=1S/C16H17F3N4O2/c1-22-8-12(14(21-22)15(18)19)16(24)23-5-4-10(7-23)9-25-13-3-2-11(17)6-20-13/h2-3,6,8,10,15H,4-5,7,9H2,1H3. The molecule has 2 aromatic heterocycles. The number of rotatable bonds is 5. The molecule has 1 amide bonds. The maximum absolute atomic E-state index is 13.0. The molecule has 0 bridgehead atoms. The van der Waals surface area contributed by atoms with Crippen LogP contribution in [0.4, 0.5) is 13.2 Å². The predicted molar refractivity (Wildman–Crippen MR) is 81.9 cm³/mol. The zero-order valence-corrected chi connectivity index (χ0v) is 13.5. The first-order valence-corrected chi connectivity index (χ1v) is 7.79. The quantitative estimate of drug-likeness (QED) is 0.827. The zero-order valence-electron chi connectivity index (χ0n) is 13.5. The molecule has 0 spiro atoms. The molecule has 0 saturated carbocycles. The summed E-state index contributed by atoms with van der Waals surface area (Å²) in [6, 6.07) is 2.68. The fourth-order valence-corrected chi connectivity index (χ4v) is 2.81. The number of amides is 1. The Labute approximate surface area is 142 Å². The lowest BCUT2D eigenvalue weighted by Crippen LogP contribution is -2.30. The Kier molecular flexibility index (Phi) is 4.91. The Bertz CT molecular complexity index is 748. The van der Waals surface area contributed by atoms with Crippen LogP contribution in [0.1, 0.15) is 28.9 Å². The summed E-state index contributed by atoms with van der Waals surface area (Å²) in [6.45, 7) is 1.18. The topological polar surface area (TPSA) is 60.2 Å². The summed E-state index contributed by atoms with van der Waals surface area (Å²) < 4.78 is 45.5. The highest BCUT2D eigenvalue weighted by molar-refractivity contribution is 5.95. The summed E-state index contributed by atoms with van der Waals surface area (Å²) in [5.74, 6) is -0.539. The number of hydrogen-bond donors (Lipinski definition) is 0. The third-order valence-corrected chi connectivity index (χ3v) is 4.03. The van der Waals surface area contributed by atoms with Crippen molar-refractivity contribution >= 4 is 5.91 Å². The average Bonchev–Trinajstić information content (AvgIpc) is 3.20. The van der Waals surface area contributed by atoms with Gasteiger partial charge in [0.25, 0.3) is 12.3 Å². The number of likely N-dealkylation sites (tertiary alicyclic amines) is 1. The molecule has 134 valence electrons. The van der Waals surface area contributed by atoms with Gasteiger partial charge in [0.2, 0.25) is 5.88 Å². The molecule has 9 heteroatoms. The second-order valence-electron chi connectivity index (χ2n) is 5.93. The number of nitrogens with zero attached hydrogens (tertiary/aromatic N) is 4. The van der Waals surface area contributed by atoms with Gasteiger partial charge < -0.3 is 9.64 Å². The van der Waals surface area contributed by atoms with Crippen LogP contribution in [-0.4, -0.2) is 45.3 Å². The van der Waals surface area contributed by atoms with Crippen molar-refractivity contribution in [3.05, 3.63) is 41.6 Å². The molecule has 1 aliphatic rings. The van der Waals surface area contributed by atoms with E-state index in [1.807, 2.05) is 0 Å². The van der Waals surface area contributed by atoms with Gasteiger partial charge >= 0.3 is 0 Å². The normalized spacial score (nSPS) is 17.3. The van der Waals surface area contributed by atoms with Crippen LogP contribution in [0.3, 0.4) is 0 Å². The van der Waals surface area contributed by atoms with Gasteiger partial charge in [0.05, 0.1) is 18.4 Å². The number of aryl methyl sites for hydroxylation is 1. The first-order valence-electron chi connectivity index (χ1n) is 7.79. The Balaban J connectivity index is 1.59. The minimum absolute atomic E-state index is 0.0578. The second kappa shape index (κ2) is 7.12. The zero-order chi connectivity index (χ0) is 18.0. The van der Waals surface area contributed by atoms with Gasteiger partial charge in [0.15, 0.2) is 0 Å². The number of alkyl halides is 2. The highest BCUT2D eigenvalue weighted by Gasteiger charge is 2.31. The molecular weight excluding hydrogens is 337 g/mol. The van der Waals surface area contributed by atoms with Crippen LogP contribution in [0.15, 0.2) is 24.5 Å². The Morgan fingerprint density at radius 3 is 2.92 bits per heavy atom. The fourth-order valence-electron chi connectivity index (χ4n) is 2.81. The molecule has 2 aromatic rings.